The fourth-order valence-corrected chi connectivity index (χ4v) is 4.75. The van der Waals surface area contributed by atoms with Gasteiger partial charge in [-0.1, -0.05) is 40.2 Å². The van der Waals surface area contributed by atoms with E-state index in [9.17, 15) is 29.8 Å². The number of non-ortho nitro benzene ring substituents is 1. The van der Waals surface area contributed by atoms with Gasteiger partial charge in [-0.2, -0.15) is 0 Å². The highest BCUT2D eigenvalue weighted by atomic mass is 79.9. The van der Waals surface area contributed by atoms with Crippen molar-refractivity contribution < 1.29 is 28.9 Å². The van der Waals surface area contributed by atoms with Crippen molar-refractivity contribution in [2.24, 2.45) is 0 Å². The van der Waals surface area contributed by atoms with Crippen LogP contribution in [-0.2, 0) is 11.3 Å². The van der Waals surface area contributed by atoms with Gasteiger partial charge in [-0.15, -0.1) is 0 Å². The maximum absolute atomic E-state index is 13.1. The molecule has 188 valence electrons. The highest BCUT2D eigenvalue weighted by Crippen LogP contribution is 2.42. The molecule has 1 aliphatic heterocycles. The Morgan fingerprint density at radius 2 is 1.76 bits per heavy atom. The summed E-state index contributed by atoms with van der Waals surface area (Å²) in [5, 5.41) is 22.2. The van der Waals surface area contributed by atoms with E-state index in [0.717, 1.165) is 44.9 Å². The Hall–Kier alpha value is -4.23. The van der Waals surface area contributed by atoms with Crippen LogP contribution in [0.15, 0.2) is 70.0 Å². The minimum Gasteiger partial charge on any atom is -0.493 e. The third-order valence-corrected chi connectivity index (χ3v) is 6.58. The lowest BCUT2D eigenvalue weighted by molar-refractivity contribution is -0.394. The lowest BCUT2D eigenvalue weighted by Crippen LogP contribution is -2.27. The molecule has 1 aliphatic rings. The molecule has 0 atom stereocenters. The van der Waals surface area contributed by atoms with Gasteiger partial charge < -0.3 is 9.47 Å². The maximum atomic E-state index is 13.1. The van der Waals surface area contributed by atoms with E-state index in [1.165, 1.54) is 13.2 Å². The van der Waals surface area contributed by atoms with E-state index < -0.39 is 32.4 Å². The molecular weight excluding hydrogens is 570 g/mol. The second-order valence-corrected chi connectivity index (χ2v) is 9.45. The van der Waals surface area contributed by atoms with Gasteiger partial charge in [-0.05, 0) is 47.7 Å². The molecule has 4 rings (SSSR count). The number of nitro benzene ring substituents is 2. The molecule has 3 aromatic carbocycles. The molecule has 0 bridgehead atoms. The number of carbonyl (C=O) groups excluding carboxylic acids is 2. The lowest BCUT2D eigenvalue weighted by atomic mass is 10.1. The number of benzene rings is 3. The van der Waals surface area contributed by atoms with Crippen molar-refractivity contribution in [2.75, 3.05) is 7.11 Å². The number of ether oxygens (including phenoxy) is 2. The predicted octanol–water partition coefficient (Wildman–Crippen LogP) is 6.30. The zero-order chi connectivity index (χ0) is 26.7. The van der Waals surface area contributed by atoms with Crippen LogP contribution in [0.5, 0.6) is 17.2 Å². The average molecular weight is 586 g/mol. The summed E-state index contributed by atoms with van der Waals surface area (Å²) < 4.78 is 12.0. The van der Waals surface area contributed by atoms with Crippen molar-refractivity contribution >= 4 is 56.3 Å². The Balaban J connectivity index is 1.69. The fraction of sp³-hybridized carbons (Fsp3) is 0.0833. The first-order valence-corrected chi connectivity index (χ1v) is 12.1. The smallest absolute Gasteiger partial charge is 0.318 e. The van der Waals surface area contributed by atoms with E-state index in [0.29, 0.717) is 5.56 Å². The van der Waals surface area contributed by atoms with Gasteiger partial charge in [0.2, 0.25) is 5.75 Å². The number of imide groups is 1. The van der Waals surface area contributed by atoms with Crippen molar-refractivity contribution in [2.45, 2.75) is 6.54 Å². The molecule has 0 unspecified atom stereocenters. The SMILES string of the molecule is COc1cccc(/C=C2/SC(=O)N(Cc3cccc(Br)c3)C2=O)c1Oc1ccc([N+](=O)[O-])cc1[N+](=O)[O-]. The minimum atomic E-state index is -0.801. The quantitative estimate of drug-likeness (QED) is 0.169. The van der Waals surface area contributed by atoms with Crippen molar-refractivity contribution in [3.63, 3.8) is 0 Å². The number of hydrogen-bond donors (Lipinski definition) is 0. The number of amides is 2. The van der Waals surface area contributed by atoms with E-state index in [1.807, 2.05) is 6.07 Å². The number of methoxy groups -OCH3 is 1. The summed E-state index contributed by atoms with van der Waals surface area (Å²) in [6, 6.07) is 14.9. The largest absolute Gasteiger partial charge is 0.493 e. The van der Waals surface area contributed by atoms with Crippen LogP contribution >= 0.6 is 27.7 Å². The Morgan fingerprint density at radius 3 is 2.43 bits per heavy atom. The number of halogens is 1. The van der Waals surface area contributed by atoms with E-state index >= 15 is 0 Å². The third kappa shape index (κ3) is 5.62. The van der Waals surface area contributed by atoms with Crippen LogP contribution < -0.4 is 9.47 Å². The zero-order valence-corrected chi connectivity index (χ0v) is 21.4. The van der Waals surface area contributed by atoms with Gasteiger partial charge in [-0.3, -0.25) is 34.7 Å². The van der Waals surface area contributed by atoms with Gasteiger partial charge in [-0.25, -0.2) is 0 Å². The van der Waals surface area contributed by atoms with E-state index in [4.69, 9.17) is 9.47 Å². The molecule has 0 aliphatic carbocycles. The van der Waals surface area contributed by atoms with Gasteiger partial charge in [0.15, 0.2) is 11.5 Å². The number of para-hydroxylation sites is 1. The van der Waals surface area contributed by atoms with Gasteiger partial charge in [0, 0.05) is 16.1 Å². The molecule has 0 N–H and O–H groups in total. The normalized spacial score (nSPS) is 14.2. The number of carbonyl (C=O) groups is 2. The van der Waals surface area contributed by atoms with Gasteiger partial charge in [0.05, 0.1) is 34.5 Å². The Morgan fingerprint density at radius 1 is 1.00 bits per heavy atom. The minimum absolute atomic E-state index is 0.0285. The van der Waals surface area contributed by atoms with E-state index in [1.54, 1.807) is 36.4 Å². The first-order valence-electron chi connectivity index (χ1n) is 10.5. The first-order chi connectivity index (χ1) is 17.7. The molecule has 0 aromatic heterocycles. The van der Waals surface area contributed by atoms with Gasteiger partial charge in [0.1, 0.15) is 0 Å². The Labute approximate surface area is 222 Å². The molecule has 2 amide bonds. The summed E-state index contributed by atoms with van der Waals surface area (Å²) in [6.07, 6.45) is 1.43. The van der Waals surface area contributed by atoms with Crippen LogP contribution in [0.25, 0.3) is 6.08 Å². The van der Waals surface area contributed by atoms with Crippen molar-refractivity contribution in [1.82, 2.24) is 4.90 Å². The molecule has 37 heavy (non-hydrogen) atoms. The van der Waals surface area contributed by atoms with Crippen molar-refractivity contribution in [3.05, 3.63) is 101 Å². The highest BCUT2D eigenvalue weighted by Gasteiger charge is 2.35. The first kappa shape index (κ1) is 25.9. The van der Waals surface area contributed by atoms with Crippen LogP contribution in [0, 0.1) is 20.2 Å². The number of rotatable bonds is 8. The Kier molecular flexibility index (Phi) is 7.55. The van der Waals surface area contributed by atoms with Crippen LogP contribution in [-0.4, -0.2) is 33.0 Å². The average Bonchev–Trinajstić information content (AvgIpc) is 3.12. The molecule has 1 fully saturated rings. The van der Waals surface area contributed by atoms with Crippen LogP contribution in [0.1, 0.15) is 11.1 Å². The molecule has 1 saturated heterocycles. The van der Waals surface area contributed by atoms with Crippen LogP contribution in [0.4, 0.5) is 16.2 Å². The lowest BCUT2D eigenvalue weighted by Gasteiger charge is -2.14. The van der Waals surface area contributed by atoms with Crippen molar-refractivity contribution in [3.8, 4) is 17.2 Å². The van der Waals surface area contributed by atoms with E-state index in [-0.39, 0.29) is 28.7 Å². The summed E-state index contributed by atoms with van der Waals surface area (Å²) in [5.74, 6) is -0.557. The van der Waals surface area contributed by atoms with Crippen molar-refractivity contribution in [1.29, 1.82) is 0 Å². The van der Waals surface area contributed by atoms with Crippen LogP contribution in [0.3, 0.4) is 0 Å². The van der Waals surface area contributed by atoms with E-state index in [2.05, 4.69) is 15.9 Å². The second kappa shape index (κ2) is 10.8. The van der Waals surface area contributed by atoms with Gasteiger partial charge in [0.25, 0.3) is 16.8 Å². The molecule has 11 nitrogen and oxygen atoms in total. The monoisotopic (exact) mass is 585 g/mol. The standard InChI is InChI=1S/C24H16BrN3O8S/c1-35-20-7-3-5-15(22(20)36-19-9-8-17(27(31)32)12-18(19)28(33)34)11-21-23(29)26(24(30)37-21)13-14-4-2-6-16(25)10-14/h2-12H,13H2,1H3/b21-11+. The Bertz CT molecular complexity index is 1480. The molecule has 0 spiro atoms. The molecule has 3 aromatic rings. The summed E-state index contributed by atoms with van der Waals surface area (Å²) in [7, 11) is 1.36. The number of nitrogens with zero attached hydrogens (tertiary/aromatic N) is 3. The highest BCUT2D eigenvalue weighted by molar-refractivity contribution is 9.10. The summed E-state index contributed by atoms with van der Waals surface area (Å²) in [4.78, 5) is 48.0. The van der Waals surface area contributed by atoms with Crippen LogP contribution in [0.2, 0.25) is 0 Å². The second-order valence-electron chi connectivity index (χ2n) is 7.54. The number of hydrogen-bond acceptors (Lipinski definition) is 9. The summed E-state index contributed by atoms with van der Waals surface area (Å²) in [6.45, 7) is 0.0813. The molecule has 0 saturated carbocycles. The fourth-order valence-electron chi connectivity index (χ4n) is 3.47. The number of thioether (sulfide) groups is 1. The molecule has 1 heterocycles. The summed E-state index contributed by atoms with van der Waals surface area (Å²) in [5.41, 5.74) is -0.0346. The molecule has 13 heteroatoms. The zero-order valence-electron chi connectivity index (χ0n) is 19.0. The topological polar surface area (TPSA) is 142 Å². The van der Waals surface area contributed by atoms with Gasteiger partial charge >= 0.3 is 5.69 Å². The predicted molar refractivity (Wildman–Crippen MR) is 138 cm³/mol. The summed E-state index contributed by atoms with van der Waals surface area (Å²) >= 11 is 4.11. The number of nitro groups is 2. The maximum Gasteiger partial charge on any atom is 0.318 e. The molecular formula is C24H16BrN3O8S. The molecule has 0 radical (unpaired) electrons. The third-order valence-electron chi connectivity index (χ3n) is 5.18.